The molecular formula is C19H19BrN4. The molecule has 122 valence electrons. The van der Waals surface area contributed by atoms with Gasteiger partial charge in [0, 0.05) is 27.6 Å². The third-order valence-corrected chi connectivity index (χ3v) is 4.20. The summed E-state index contributed by atoms with van der Waals surface area (Å²) in [7, 11) is 0. The lowest BCUT2D eigenvalue weighted by Crippen LogP contribution is -2.04. The van der Waals surface area contributed by atoms with Gasteiger partial charge in [-0.2, -0.15) is 4.98 Å². The Labute approximate surface area is 150 Å². The van der Waals surface area contributed by atoms with Crippen LogP contribution in [0.2, 0.25) is 0 Å². The van der Waals surface area contributed by atoms with E-state index in [-0.39, 0.29) is 0 Å². The van der Waals surface area contributed by atoms with Crippen molar-refractivity contribution in [2.24, 2.45) is 0 Å². The van der Waals surface area contributed by atoms with Crippen LogP contribution < -0.4 is 10.6 Å². The van der Waals surface area contributed by atoms with Crippen LogP contribution in [0.5, 0.6) is 0 Å². The SMILES string of the molecule is Cc1cnc(Nc2ccccc2)nc1Nc1c(C)cc(Br)cc1C. The van der Waals surface area contributed by atoms with E-state index in [0.29, 0.717) is 5.95 Å². The van der Waals surface area contributed by atoms with Gasteiger partial charge in [-0.1, -0.05) is 34.1 Å². The molecule has 4 nitrogen and oxygen atoms in total. The van der Waals surface area contributed by atoms with E-state index in [2.05, 4.69) is 62.5 Å². The van der Waals surface area contributed by atoms with E-state index >= 15 is 0 Å². The van der Waals surface area contributed by atoms with Gasteiger partial charge in [0.05, 0.1) is 0 Å². The first-order valence-corrected chi connectivity index (χ1v) is 8.52. The molecule has 0 amide bonds. The standard InChI is InChI=1S/C19H19BrN4/c1-12-9-15(20)10-13(2)17(12)23-18-14(3)11-21-19(24-18)22-16-7-5-4-6-8-16/h4-11H,1-3H3,(H2,21,22,23,24). The summed E-state index contributed by atoms with van der Waals surface area (Å²) in [6.07, 6.45) is 1.82. The Morgan fingerprint density at radius 2 is 1.54 bits per heavy atom. The fourth-order valence-electron chi connectivity index (χ4n) is 2.51. The Bertz CT molecular complexity index is 839. The topological polar surface area (TPSA) is 49.8 Å². The Morgan fingerprint density at radius 1 is 0.875 bits per heavy atom. The number of hydrogen-bond donors (Lipinski definition) is 2. The molecule has 0 atom stereocenters. The highest BCUT2D eigenvalue weighted by Gasteiger charge is 2.09. The zero-order chi connectivity index (χ0) is 17.1. The first-order valence-electron chi connectivity index (χ1n) is 7.72. The molecule has 0 saturated heterocycles. The van der Waals surface area contributed by atoms with Gasteiger partial charge in [-0.25, -0.2) is 4.98 Å². The molecule has 0 aliphatic rings. The molecular weight excluding hydrogens is 364 g/mol. The highest BCUT2D eigenvalue weighted by molar-refractivity contribution is 9.10. The molecule has 2 N–H and O–H groups in total. The highest BCUT2D eigenvalue weighted by Crippen LogP contribution is 2.29. The average Bonchev–Trinajstić information content (AvgIpc) is 2.54. The molecule has 5 heteroatoms. The first-order chi connectivity index (χ1) is 11.5. The summed E-state index contributed by atoms with van der Waals surface area (Å²) >= 11 is 3.53. The monoisotopic (exact) mass is 382 g/mol. The molecule has 0 bridgehead atoms. The van der Waals surface area contributed by atoms with Gasteiger partial charge in [-0.15, -0.1) is 0 Å². The number of nitrogens with zero attached hydrogens (tertiary/aromatic N) is 2. The fourth-order valence-corrected chi connectivity index (χ4v) is 3.19. The Morgan fingerprint density at radius 3 is 2.21 bits per heavy atom. The summed E-state index contributed by atoms with van der Waals surface area (Å²) in [5.74, 6) is 1.37. The number of anilines is 4. The highest BCUT2D eigenvalue weighted by atomic mass is 79.9. The number of rotatable bonds is 4. The maximum Gasteiger partial charge on any atom is 0.229 e. The van der Waals surface area contributed by atoms with Crippen LogP contribution in [0, 0.1) is 20.8 Å². The molecule has 3 rings (SSSR count). The predicted octanol–water partition coefficient (Wildman–Crippen LogP) is 5.65. The van der Waals surface area contributed by atoms with E-state index < -0.39 is 0 Å². The number of para-hydroxylation sites is 1. The minimum Gasteiger partial charge on any atom is -0.339 e. The van der Waals surface area contributed by atoms with Crippen LogP contribution in [-0.2, 0) is 0 Å². The number of aryl methyl sites for hydroxylation is 3. The van der Waals surface area contributed by atoms with Crippen molar-refractivity contribution in [2.75, 3.05) is 10.6 Å². The van der Waals surface area contributed by atoms with Gasteiger partial charge in [0.1, 0.15) is 5.82 Å². The fraction of sp³-hybridized carbons (Fsp3) is 0.158. The first kappa shape index (κ1) is 16.5. The molecule has 0 fully saturated rings. The van der Waals surface area contributed by atoms with Gasteiger partial charge >= 0.3 is 0 Å². The van der Waals surface area contributed by atoms with Gasteiger partial charge < -0.3 is 10.6 Å². The van der Waals surface area contributed by atoms with Crippen molar-refractivity contribution in [1.29, 1.82) is 0 Å². The van der Waals surface area contributed by atoms with Crippen LogP contribution in [0.15, 0.2) is 53.1 Å². The van der Waals surface area contributed by atoms with Crippen LogP contribution >= 0.6 is 15.9 Å². The molecule has 0 saturated carbocycles. The number of halogens is 1. The molecule has 1 aromatic heterocycles. The lowest BCUT2D eigenvalue weighted by molar-refractivity contribution is 1.13. The second kappa shape index (κ2) is 7.01. The van der Waals surface area contributed by atoms with Gasteiger partial charge in [0.25, 0.3) is 0 Å². The Balaban J connectivity index is 1.90. The van der Waals surface area contributed by atoms with Crippen molar-refractivity contribution in [3.05, 3.63) is 69.8 Å². The summed E-state index contributed by atoms with van der Waals surface area (Å²) < 4.78 is 1.08. The third-order valence-electron chi connectivity index (χ3n) is 3.74. The van der Waals surface area contributed by atoms with Crippen LogP contribution in [0.1, 0.15) is 16.7 Å². The summed E-state index contributed by atoms with van der Waals surface area (Å²) in [5, 5.41) is 6.68. The zero-order valence-electron chi connectivity index (χ0n) is 13.9. The Kier molecular flexibility index (Phi) is 4.81. The quantitative estimate of drug-likeness (QED) is 0.611. The molecule has 24 heavy (non-hydrogen) atoms. The number of aromatic nitrogens is 2. The lowest BCUT2D eigenvalue weighted by Gasteiger charge is -2.15. The van der Waals surface area contributed by atoms with Crippen LogP contribution in [0.25, 0.3) is 0 Å². The van der Waals surface area contributed by atoms with Crippen molar-refractivity contribution in [3.8, 4) is 0 Å². The van der Waals surface area contributed by atoms with Crippen LogP contribution in [0.4, 0.5) is 23.1 Å². The maximum atomic E-state index is 4.62. The molecule has 2 aromatic carbocycles. The van der Waals surface area contributed by atoms with Gasteiger partial charge in [-0.3, -0.25) is 0 Å². The zero-order valence-corrected chi connectivity index (χ0v) is 15.5. The van der Waals surface area contributed by atoms with Crippen LogP contribution in [0.3, 0.4) is 0 Å². The summed E-state index contributed by atoms with van der Waals surface area (Å²) in [4.78, 5) is 8.99. The number of hydrogen-bond acceptors (Lipinski definition) is 4. The van der Waals surface area contributed by atoms with Crippen molar-refractivity contribution >= 4 is 39.1 Å². The summed E-state index contributed by atoms with van der Waals surface area (Å²) in [6.45, 7) is 6.16. The minimum atomic E-state index is 0.571. The number of nitrogens with one attached hydrogen (secondary N) is 2. The van der Waals surface area contributed by atoms with E-state index in [1.165, 1.54) is 0 Å². The van der Waals surface area contributed by atoms with Crippen LogP contribution in [-0.4, -0.2) is 9.97 Å². The molecule has 1 heterocycles. The van der Waals surface area contributed by atoms with Crippen molar-refractivity contribution in [1.82, 2.24) is 9.97 Å². The molecule has 0 aliphatic carbocycles. The molecule has 0 unspecified atom stereocenters. The van der Waals surface area contributed by atoms with E-state index in [0.717, 1.165) is 38.4 Å². The van der Waals surface area contributed by atoms with E-state index in [1.807, 2.05) is 43.5 Å². The Hall–Kier alpha value is -2.40. The number of benzene rings is 2. The minimum absolute atomic E-state index is 0.571. The summed E-state index contributed by atoms with van der Waals surface area (Å²) in [5.41, 5.74) is 5.36. The molecule has 0 spiro atoms. The normalized spacial score (nSPS) is 10.5. The van der Waals surface area contributed by atoms with E-state index in [9.17, 15) is 0 Å². The lowest BCUT2D eigenvalue weighted by atomic mass is 10.1. The largest absolute Gasteiger partial charge is 0.339 e. The second-order valence-corrected chi connectivity index (χ2v) is 6.67. The third kappa shape index (κ3) is 3.74. The van der Waals surface area contributed by atoms with Crippen molar-refractivity contribution in [2.45, 2.75) is 20.8 Å². The van der Waals surface area contributed by atoms with Gasteiger partial charge in [0.15, 0.2) is 0 Å². The predicted molar refractivity (Wildman–Crippen MR) is 103 cm³/mol. The molecule has 3 aromatic rings. The molecule has 0 radical (unpaired) electrons. The van der Waals surface area contributed by atoms with E-state index in [1.54, 1.807) is 0 Å². The van der Waals surface area contributed by atoms with Crippen molar-refractivity contribution < 1.29 is 0 Å². The van der Waals surface area contributed by atoms with Gasteiger partial charge in [0.2, 0.25) is 5.95 Å². The maximum absolute atomic E-state index is 4.62. The smallest absolute Gasteiger partial charge is 0.229 e. The second-order valence-electron chi connectivity index (χ2n) is 5.76. The van der Waals surface area contributed by atoms with E-state index in [4.69, 9.17) is 0 Å². The molecule has 0 aliphatic heterocycles. The summed E-state index contributed by atoms with van der Waals surface area (Å²) in [6, 6.07) is 14.1. The average molecular weight is 383 g/mol. The van der Waals surface area contributed by atoms with Crippen molar-refractivity contribution in [3.63, 3.8) is 0 Å². The van der Waals surface area contributed by atoms with Gasteiger partial charge in [-0.05, 0) is 56.2 Å².